The highest BCUT2D eigenvalue weighted by molar-refractivity contribution is 6.00. The minimum absolute atomic E-state index is 0.119. The van der Waals surface area contributed by atoms with Gasteiger partial charge in [0, 0.05) is 17.0 Å². The maximum absolute atomic E-state index is 13.1. The zero-order valence-electron chi connectivity index (χ0n) is 13.7. The number of rotatable bonds is 3. The highest BCUT2D eigenvalue weighted by Gasteiger charge is 2.40. The van der Waals surface area contributed by atoms with E-state index in [0.29, 0.717) is 11.8 Å². The number of ether oxygens (including phenoxy) is 1. The molecular weight excluding hydrogens is 296 g/mol. The molecule has 0 unspecified atom stereocenters. The summed E-state index contributed by atoms with van der Waals surface area (Å²) in [5.41, 5.74) is 1.81. The third-order valence-electron chi connectivity index (χ3n) is 5.26. The first-order valence-electron chi connectivity index (χ1n) is 8.86. The van der Waals surface area contributed by atoms with Crippen molar-refractivity contribution in [3.8, 4) is 0 Å². The normalized spacial score (nSPS) is 26.0. The van der Waals surface area contributed by atoms with Crippen LogP contribution in [0, 0.1) is 11.8 Å². The molecule has 1 aliphatic carbocycles. The Labute approximate surface area is 143 Å². The van der Waals surface area contributed by atoms with Crippen molar-refractivity contribution in [2.75, 3.05) is 0 Å². The van der Waals surface area contributed by atoms with Crippen molar-refractivity contribution in [1.29, 1.82) is 0 Å². The molecule has 2 heteroatoms. The van der Waals surface area contributed by atoms with Crippen molar-refractivity contribution in [3.05, 3.63) is 77.9 Å². The maximum atomic E-state index is 13.1. The van der Waals surface area contributed by atoms with Gasteiger partial charge in [0.1, 0.15) is 5.76 Å². The molecule has 3 atom stereocenters. The Morgan fingerprint density at radius 2 is 1.54 bits per heavy atom. The Bertz CT molecular complexity index is 733. The van der Waals surface area contributed by atoms with Crippen molar-refractivity contribution < 1.29 is 9.53 Å². The molecule has 0 aromatic heterocycles. The molecule has 24 heavy (non-hydrogen) atoms. The van der Waals surface area contributed by atoms with Gasteiger partial charge in [0.2, 0.25) is 5.78 Å². The lowest BCUT2D eigenvalue weighted by Crippen LogP contribution is -2.40. The number of fused-ring (bicyclic) bond motifs is 1. The molecule has 0 amide bonds. The zero-order valence-corrected chi connectivity index (χ0v) is 13.7. The summed E-state index contributed by atoms with van der Waals surface area (Å²) in [7, 11) is 0. The van der Waals surface area contributed by atoms with E-state index in [0.717, 1.165) is 29.7 Å². The lowest BCUT2D eigenvalue weighted by Gasteiger charge is -2.39. The smallest absolute Gasteiger partial charge is 0.203 e. The third kappa shape index (κ3) is 2.89. The van der Waals surface area contributed by atoms with Gasteiger partial charge in [-0.3, -0.25) is 4.79 Å². The number of carbonyl (C=O) groups is 1. The monoisotopic (exact) mass is 318 g/mol. The summed E-state index contributed by atoms with van der Waals surface area (Å²) >= 11 is 0. The molecule has 2 nitrogen and oxygen atoms in total. The summed E-state index contributed by atoms with van der Waals surface area (Å²) in [5.74, 6) is 1.74. The molecule has 2 aliphatic rings. The van der Waals surface area contributed by atoms with Crippen LogP contribution in [0.2, 0.25) is 0 Å². The highest BCUT2D eigenvalue weighted by atomic mass is 16.5. The summed E-state index contributed by atoms with van der Waals surface area (Å²) in [6, 6.07) is 19.7. The maximum Gasteiger partial charge on any atom is 0.203 e. The number of allylic oxidation sites excluding steroid dienone is 1. The van der Waals surface area contributed by atoms with E-state index in [1.165, 1.54) is 12.8 Å². The number of carbonyl (C=O) groups excluding carboxylic acids is 1. The second-order valence-electron chi connectivity index (χ2n) is 6.78. The molecule has 0 radical (unpaired) electrons. The van der Waals surface area contributed by atoms with Gasteiger partial charge >= 0.3 is 0 Å². The van der Waals surface area contributed by atoms with E-state index in [1.54, 1.807) is 0 Å². The summed E-state index contributed by atoms with van der Waals surface area (Å²) in [6.07, 6.45) is 6.56. The highest BCUT2D eigenvalue weighted by Crippen LogP contribution is 2.42. The van der Waals surface area contributed by atoms with Gasteiger partial charge in [-0.05, 0) is 24.8 Å². The van der Waals surface area contributed by atoms with Crippen LogP contribution in [0.15, 0.2) is 66.7 Å². The standard InChI is InChI=1S/C22H22O2/c23-21(17-11-5-2-6-12-17)22-19-14-8-7-13-18(19)15-20(24-22)16-9-3-1-4-10-16/h1-6,9-12,15,18-19,22H,7-8,13-14H2/t18-,19+,22+/m1/s1. The Morgan fingerprint density at radius 3 is 2.29 bits per heavy atom. The molecular formula is C22H22O2. The van der Waals surface area contributed by atoms with Crippen molar-refractivity contribution >= 4 is 11.5 Å². The van der Waals surface area contributed by atoms with Gasteiger partial charge in [-0.25, -0.2) is 0 Å². The van der Waals surface area contributed by atoms with Crippen LogP contribution in [0.3, 0.4) is 0 Å². The fourth-order valence-electron chi connectivity index (χ4n) is 4.01. The Morgan fingerprint density at radius 1 is 0.875 bits per heavy atom. The van der Waals surface area contributed by atoms with Crippen molar-refractivity contribution in [3.63, 3.8) is 0 Å². The number of Topliss-reactive ketones (excluding diaryl/α,β-unsaturated/α-hetero) is 1. The Kier molecular flexibility index (Phi) is 4.20. The second-order valence-corrected chi connectivity index (χ2v) is 6.78. The Hall–Kier alpha value is -2.35. The molecule has 0 bridgehead atoms. The van der Waals surface area contributed by atoms with Gasteiger partial charge in [0.15, 0.2) is 6.10 Å². The molecule has 2 aromatic carbocycles. The van der Waals surface area contributed by atoms with Crippen LogP contribution in [0.25, 0.3) is 5.76 Å². The van der Waals surface area contributed by atoms with E-state index in [9.17, 15) is 4.79 Å². The van der Waals surface area contributed by atoms with E-state index in [-0.39, 0.29) is 11.9 Å². The van der Waals surface area contributed by atoms with Gasteiger partial charge in [0.05, 0.1) is 0 Å². The van der Waals surface area contributed by atoms with Crippen LogP contribution >= 0.6 is 0 Å². The summed E-state index contributed by atoms with van der Waals surface area (Å²) in [5, 5.41) is 0. The molecule has 0 saturated heterocycles. The van der Waals surface area contributed by atoms with E-state index < -0.39 is 0 Å². The lowest BCUT2D eigenvalue weighted by atomic mass is 9.73. The number of hydrogen-bond acceptors (Lipinski definition) is 2. The number of benzene rings is 2. The van der Waals surface area contributed by atoms with E-state index in [2.05, 4.69) is 18.2 Å². The first-order chi connectivity index (χ1) is 11.8. The van der Waals surface area contributed by atoms with Gasteiger partial charge in [-0.2, -0.15) is 0 Å². The fraction of sp³-hybridized carbons (Fsp3) is 0.318. The first-order valence-corrected chi connectivity index (χ1v) is 8.86. The van der Waals surface area contributed by atoms with Crippen LogP contribution in [-0.4, -0.2) is 11.9 Å². The molecule has 0 spiro atoms. The average Bonchev–Trinajstić information content (AvgIpc) is 2.68. The van der Waals surface area contributed by atoms with E-state index >= 15 is 0 Å². The van der Waals surface area contributed by atoms with Crippen LogP contribution in [0.1, 0.15) is 41.6 Å². The minimum Gasteiger partial charge on any atom is -0.482 e. The first kappa shape index (κ1) is 15.2. The minimum atomic E-state index is -0.363. The van der Waals surface area contributed by atoms with Gasteiger partial charge in [-0.1, -0.05) is 73.5 Å². The average molecular weight is 318 g/mol. The predicted octanol–water partition coefficient (Wildman–Crippen LogP) is 5.12. The van der Waals surface area contributed by atoms with Crippen LogP contribution < -0.4 is 0 Å². The summed E-state index contributed by atoms with van der Waals surface area (Å²) in [4.78, 5) is 13.1. The van der Waals surface area contributed by atoms with Crippen LogP contribution in [0.4, 0.5) is 0 Å². The molecule has 1 saturated carbocycles. The second kappa shape index (κ2) is 6.64. The molecule has 122 valence electrons. The van der Waals surface area contributed by atoms with Crippen LogP contribution in [-0.2, 0) is 4.74 Å². The predicted molar refractivity (Wildman–Crippen MR) is 95.5 cm³/mol. The molecule has 0 N–H and O–H groups in total. The SMILES string of the molecule is O=C(c1ccccc1)[C@H]1OC(c2ccccc2)=C[C@H]2CCCC[C@H]12. The summed E-state index contributed by atoms with van der Waals surface area (Å²) in [6.45, 7) is 0. The topological polar surface area (TPSA) is 26.3 Å². The van der Waals surface area contributed by atoms with Crippen LogP contribution in [0.5, 0.6) is 0 Å². The van der Waals surface area contributed by atoms with E-state index in [1.807, 2.05) is 48.5 Å². The molecule has 4 rings (SSSR count). The van der Waals surface area contributed by atoms with Crippen molar-refractivity contribution in [2.24, 2.45) is 11.8 Å². The quantitative estimate of drug-likeness (QED) is 0.735. The number of hydrogen-bond donors (Lipinski definition) is 0. The van der Waals surface area contributed by atoms with Gasteiger partial charge in [0.25, 0.3) is 0 Å². The van der Waals surface area contributed by atoms with Gasteiger partial charge < -0.3 is 4.74 Å². The van der Waals surface area contributed by atoms with Crippen molar-refractivity contribution in [2.45, 2.75) is 31.8 Å². The zero-order chi connectivity index (χ0) is 16.4. The molecule has 1 fully saturated rings. The third-order valence-corrected chi connectivity index (χ3v) is 5.26. The molecule has 1 heterocycles. The Balaban J connectivity index is 1.68. The summed E-state index contributed by atoms with van der Waals surface area (Å²) < 4.78 is 6.27. The molecule has 2 aromatic rings. The van der Waals surface area contributed by atoms with Gasteiger partial charge in [-0.15, -0.1) is 0 Å². The number of ketones is 1. The van der Waals surface area contributed by atoms with E-state index in [4.69, 9.17) is 4.74 Å². The molecule has 1 aliphatic heterocycles. The lowest BCUT2D eigenvalue weighted by molar-refractivity contribution is 0.0352. The fourth-order valence-corrected chi connectivity index (χ4v) is 4.01. The largest absolute Gasteiger partial charge is 0.482 e. The van der Waals surface area contributed by atoms with Crippen molar-refractivity contribution in [1.82, 2.24) is 0 Å².